The fraction of sp³-hybridized carbons (Fsp3) is 0.346. The molecule has 42 heavy (non-hydrogen) atoms. The number of nitrogens with zero attached hydrogens (tertiary/aromatic N) is 2. The fourth-order valence-corrected chi connectivity index (χ4v) is 3.98. The Bertz CT molecular complexity index is 1350. The zero-order valence-electron chi connectivity index (χ0n) is 22.3. The Balaban J connectivity index is 1.74. The monoisotopic (exact) mass is 584 g/mol. The average Bonchev–Trinajstić information content (AvgIpc) is 3.65. The predicted molar refractivity (Wildman–Crippen MR) is 145 cm³/mol. The van der Waals surface area contributed by atoms with Gasteiger partial charge in [0.05, 0.1) is 18.7 Å². The van der Waals surface area contributed by atoms with Crippen LogP contribution < -0.4 is 21.7 Å². The van der Waals surface area contributed by atoms with Crippen LogP contribution >= 0.6 is 0 Å². The Kier molecular flexibility index (Phi) is 11.1. The van der Waals surface area contributed by atoms with E-state index in [9.17, 15) is 39.3 Å². The number of nitrogens with two attached hydrogens (primary N) is 1. The molecule has 0 radical (unpaired) electrons. The van der Waals surface area contributed by atoms with Crippen molar-refractivity contribution in [3.05, 3.63) is 66.3 Å². The fourth-order valence-electron chi connectivity index (χ4n) is 3.98. The number of H-pyrrole nitrogens is 2. The number of aromatic amines is 2. The van der Waals surface area contributed by atoms with Crippen LogP contribution in [0.25, 0.3) is 0 Å². The molecule has 3 amide bonds. The number of carboxylic acid groups (broad SMARTS) is 2. The van der Waals surface area contributed by atoms with Gasteiger partial charge in [-0.1, -0.05) is 12.1 Å². The first kappa shape index (κ1) is 31.3. The van der Waals surface area contributed by atoms with E-state index >= 15 is 0 Å². The largest absolute Gasteiger partial charge is 0.508 e. The van der Waals surface area contributed by atoms with Gasteiger partial charge in [0.15, 0.2) is 0 Å². The lowest BCUT2D eigenvalue weighted by Crippen LogP contribution is -2.58. The summed E-state index contributed by atoms with van der Waals surface area (Å²) in [5.74, 6) is -4.96. The van der Waals surface area contributed by atoms with Crippen molar-refractivity contribution in [2.75, 3.05) is 0 Å². The maximum Gasteiger partial charge on any atom is 0.326 e. The maximum atomic E-state index is 13.3. The molecular formula is C26H32N8O8. The van der Waals surface area contributed by atoms with Gasteiger partial charge >= 0.3 is 11.9 Å². The van der Waals surface area contributed by atoms with Crippen LogP contribution in [0.15, 0.2) is 49.3 Å². The zero-order valence-corrected chi connectivity index (χ0v) is 22.3. The molecule has 1 aromatic carbocycles. The van der Waals surface area contributed by atoms with Crippen LogP contribution in [0.4, 0.5) is 0 Å². The molecule has 4 unspecified atom stereocenters. The normalized spacial score (nSPS) is 13.7. The number of carbonyl (C=O) groups is 5. The number of benzene rings is 1. The van der Waals surface area contributed by atoms with Crippen molar-refractivity contribution in [3.8, 4) is 5.75 Å². The van der Waals surface area contributed by atoms with Gasteiger partial charge in [0.2, 0.25) is 17.7 Å². The SMILES string of the molecule is NC(Cc1ccc(O)cc1)C(=O)NC(CCC(=O)O)C(=O)NC(Cc1cnc[nH]1)C(=O)NC(Cc1cnc[nH]1)C(=O)O. The first-order valence-electron chi connectivity index (χ1n) is 12.9. The number of carbonyl (C=O) groups excluding carboxylic acids is 3. The van der Waals surface area contributed by atoms with Gasteiger partial charge in [-0.25, -0.2) is 14.8 Å². The van der Waals surface area contributed by atoms with Crippen LogP contribution in [0, 0.1) is 0 Å². The quantitative estimate of drug-likeness (QED) is 0.0944. The molecule has 0 fully saturated rings. The topological polar surface area (TPSA) is 266 Å². The van der Waals surface area contributed by atoms with Crippen molar-refractivity contribution in [1.29, 1.82) is 0 Å². The Morgan fingerprint density at radius 2 is 1.29 bits per heavy atom. The number of aliphatic carboxylic acids is 2. The Hall–Kier alpha value is -5.25. The Morgan fingerprint density at radius 3 is 1.81 bits per heavy atom. The van der Waals surface area contributed by atoms with Gasteiger partial charge in [0.1, 0.15) is 23.9 Å². The van der Waals surface area contributed by atoms with E-state index in [1.54, 1.807) is 12.1 Å². The lowest BCUT2D eigenvalue weighted by atomic mass is 10.0. The van der Waals surface area contributed by atoms with Gasteiger partial charge in [-0.2, -0.15) is 0 Å². The van der Waals surface area contributed by atoms with Crippen LogP contribution in [0.3, 0.4) is 0 Å². The standard InChI is InChI=1S/C26H32N8O8/c27-18(7-14-1-3-17(35)4-2-14)23(38)32-19(5-6-22(36)37)24(39)33-20(8-15-10-28-12-30-15)25(40)34-21(26(41)42)9-16-11-29-13-31-16/h1-4,10-13,18-21,35H,5-9,27H2,(H,28,30)(H,29,31)(H,32,38)(H,33,39)(H,34,40)(H,36,37)(H,41,42). The van der Waals surface area contributed by atoms with Crippen LogP contribution in [0.2, 0.25) is 0 Å². The molecule has 224 valence electrons. The van der Waals surface area contributed by atoms with Gasteiger partial charge in [0, 0.05) is 43.0 Å². The van der Waals surface area contributed by atoms with E-state index in [-0.39, 0.29) is 31.4 Å². The molecule has 10 N–H and O–H groups in total. The summed E-state index contributed by atoms with van der Waals surface area (Å²) < 4.78 is 0. The number of nitrogens with one attached hydrogen (secondary N) is 5. The number of phenols is 1. The second-order valence-corrected chi connectivity index (χ2v) is 9.49. The number of carboxylic acids is 2. The molecule has 0 bridgehead atoms. The highest BCUT2D eigenvalue weighted by atomic mass is 16.4. The molecule has 3 rings (SSSR count). The molecular weight excluding hydrogens is 552 g/mol. The molecule has 0 aliphatic carbocycles. The molecule has 2 aromatic heterocycles. The third kappa shape index (κ3) is 9.74. The number of imidazole rings is 2. The lowest BCUT2D eigenvalue weighted by Gasteiger charge is -2.25. The summed E-state index contributed by atoms with van der Waals surface area (Å²) in [4.78, 5) is 75.7. The number of aromatic hydroxyl groups is 1. The summed E-state index contributed by atoms with van der Waals surface area (Å²) >= 11 is 0. The van der Waals surface area contributed by atoms with E-state index in [1.165, 1.54) is 37.2 Å². The highest BCUT2D eigenvalue weighted by Crippen LogP contribution is 2.11. The molecule has 0 saturated heterocycles. The van der Waals surface area contributed by atoms with E-state index in [2.05, 4.69) is 35.9 Å². The van der Waals surface area contributed by atoms with Crippen LogP contribution in [-0.2, 0) is 43.2 Å². The first-order chi connectivity index (χ1) is 20.0. The molecule has 0 saturated carbocycles. The third-order valence-corrected chi connectivity index (χ3v) is 6.21. The number of amides is 3. The highest BCUT2D eigenvalue weighted by Gasteiger charge is 2.31. The summed E-state index contributed by atoms with van der Waals surface area (Å²) in [6.45, 7) is 0. The Morgan fingerprint density at radius 1 is 0.762 bits per heavy atom. The molecule has 4 atom stereocenters. The molecule has 16 heteroatoms. The maximum absolute atomic E-state index is 13.3. The second-order valence-electron chi connectivity index (χ2n) is 9.49. The van der Waals surface area contributed by atoms with Gasteiger partial charge in [-0.05, 0) is 30.5 Å². The van der Waals surface area contributed by atoms with Crippen molar-refractivity contribution >= 4 is 29.7 Å². The number of hydrogen-bond acceptors (Lipinski definition) is 9. The third-order valence-electron chi connectivity index (χ3n) is 6.21. The van der Waals surface area contributed by atoms with Crippen LogP contribution in [-0.4, -0.2) is 89.1 Å². The summed E-state index contributed by atoms with van der Waals surface area (Å²) in [6, 6.07) is 0.833. The summed E-state index contributed by atoms with van der Waals surface area (Å²) in [5, 5.41) is 35.6. The molecule has 0 aliphatic heterocycles. The molecule has 0 aliphatic rings. The number of rotatable bonds is 16. The molecule has 2 heterocycles. The molecule has 0 spiro atoms. The molecule has 16 nitrogen and oxygen atoms in total. The minimum Gasteiger partial charge on any atom is -0.508 e. The van der Waals surface area contributed by atoms with Crippen molar-refractivity contribution in [3.63, 3.8) is 0 Å². The number of phenolic OH excluding ortho intramolecular Hbond substituents is 1. The van der Waals surface area contributed by atoms with E-state index < -0.39 is 60.2 Å². The van der Waals surface area contributed by atoms with Crippen molar-refractivity contribution in [2.24, 2.45) is 5.73 Å². The number of aromatic nitrogens is 4. The average molecular weight is 585 g/mol. The first-order valence-corrected chi connectivity index (χ1v) is 12.9. The van der Waals surface area contributed by atoms with E-state index in [0.29, 0.717) is 17.0 Å². The minimum absolute atomic E-state index is 0.0342. The van der Waals surface area contributed by atoms with Crippen molar-refractivity contribution < 1.29 is 39.3 Å². The highest BCUT2D eigenvalue weighted by molar-refractivity contribution is 5.94. The van der Waals surface area contributed by atoms with Gasteiger partial charge in [-0.15, -0.1) is 0 Å². The van der Waals surface area contributed by atoms with Crippen LogP contribution in [0.1, 0.15) is 29.8 Å². The number of hydrogen-bond donors (Lipinski definition) is 9. The second kappa shape index (κ2) is 14.9. The van der Waals surface area contributed by atoms with Gasteiger partial charge in [-0.3, -0.25) is 19.2 Å². The molecule has 3 aromatic rings. The Labute approximate surface area is 239 Å². The van der Waals surface area contributed by atoms with E-state index in [4.69, 9.17) is 5.73 Å². The zero-order chi connectivity index (χ0) is 30.6. The van der Waals surface area contributed by atoms with Gasteiger partial charge in [0.25, 0.3) is 0 Å². The lowest BCUT2D eigenvalue weighted by molar-refractivity contribution is -0.142. The van der Waals surface area contributed by atoms with Gasteiger partial charge < -0.3 is 47.0 Å². The minimum atomic E-state index is -1.38. The predicted octanol–water partition coefficient (Wildman–Crippen LogP) is -1.40. The van der Waals surface area contributed by atoms with Crippen molar-refractivity contribution in [1.82, 2.24) is 35.9 Å². The van der Waals surface area contributed by atoms with E-state index in [0.717, 1.165) is 0 Å². The van der Waals surface area contributed by atoms with Crippen molar-refractivity contribution in [2.45, 2.75) is 56.3 Å². The van der Waals surface area contributed by atoms with Crippen LogP contribution in [0.5, 0.6) is 5.75 Å². The summed E-state index contributed by atoms with van der Waals surface area (Å²) in [6.07, 6.45) is 4.59. The summed E-state index contributed by atoms with van der Waals surface area (Å²) in [5.41, 5.74) is 7.55. The summed E-state index contributed by atoms with van der Waals surface area (Å²) in [7, 11) is 0. The van der Waals surface area contributed by atoms with E-state index in [1.807, 2.05) is 0 Å². The smallest absolute Gasteiger partial charge is 0.326 e.